The molecule has 0 bridgehead atoms. The minimum Gasteiger partial charge on any atom is -0.507 e. The zero-order valence-electron chi connectivity index (χ0n) is 12.4. The van der Waals surface area contributed by atoms with E-state index in [9.17, 15) is 15.0 Å². The van der Waals surface area contributed by atoms with E-state index < -0.39 is 12.0 Å². The van der Waals surface area contributed by atoms with Gasteiger partial charge in [0.1, 0.15) is 11.8 Å². The van der Waals surface area contributed by atoms with Crippen LogP contribution in [0.25, 0.3) is 0 Å². The van der Waals surface area contributed by atoms with Crippen molar-refractivity contribution in [1.29, 1.82) is 0 Å². The number of aliphatic carboxylic acids is 1. The van der Waals surface area contributed by atoms with Gasteiger partial charge in [0.2, 0.25) is 0 Å². The molecule has 0 spiro atoms. The van der Waals surface area contributed by atoms with Crippen LogP contribution in [0.2, 0.25) is 0 Å². The first-order valence-corrected chi connectivity index (χ1v) is 7.16. The van der Waals surface area contributed by atoms with Gasteiger partial charge in [0.15, 0.2) is 0 Å². The smallest absolute Gasteiger partial charge is 0.321 e. The molecule has 0 radical (unpaired) electrons. The number of rotatable bonds is 3. The van der Waals surface area contributed by atoms with E-state index in [1.807, 2.05) is 37.8 Å². The van der Waals surface area contributed by atoms with Crippen LogP contribution in [0.5, 0.6) is 5.75 Å². The number of phenols is 1. The highest BCUT2D eigenvalue weighted by Gasteiger charge is 2.34. The molecule has 1 aliphatic rings. The highest BCUT2D eigenvalue weighted by atomic mass is 16.4. The normalized spacial score (nSPS) is 23.8. The third-order valence-electron chi connectivity index (χ3n) is 4.23. The van der Waals surface area contributed by atoms with Gasteiger partial charge in [-0.3, -0.25) is 9.69 Å². The molecule has 1 heterocycles. The molecule has 0 aliphatic carbocycles. The predicted octanol–water partition coefficient (Wildman–Crippen LogP) is 2.69. The van der Waals surface area contributed by atoms with Crippen LogP contribution in [0.4, 0.5) is 0 Å². The van der Waals surface area contributed by atoms with Crippen molar-refractivity contribution < 1.29 is 15.0 Å². The van der Waals surface area contributed by atoms with Crippen LogP contribution in [0.3, 0.4) is 0 Å². The van der Waals surface area contributed by atoms with Gasteiger partial charge in [0.25, 0.3) is 0 Å². The maximum atomic E-state index is 11.5. The first-order chi connectivity index (χ1) is 9.40. The summed E-state index contributed by atoms with van der Waals surface area (Å²) in [5.41, 5.74) is 2.76. The summed E-state index contributed by atoms with van der Waals surface area (Å²) in [6.45, 7) is 7.21. The molecular formula is C16H23NO3. The zero-order valence-corrected chi connectivity index (χ0v) is 12.4. The number of hydrogen-bond donors (Lipinski definition) is 2. The molecule has 2 unspecified atom stereocenters. The Morgan fingerprint density at radius 3 is 2.50 bits per heavy atom. The fourth-order valence-corrected chi connectivity index (χ4v) is 3.22. The Balaban J connectivity index is 2.21. The zero-order chi connectivity index (χ0) is 14.9. The lowest BCUT2D eigenvalue weighted by molar-refractivity contribution is -0.147. The van der Waals surface area contributed by atoms with Gasteiger partial charge >= 0.3 is 5.97 Å². The number of aromatic hydroxyl groups is 1. The highest BCUT2D eigenvalue weighted by molar-refractivity contribution is 5.74. The third kappa shape index (κ3) is 2.96. The number of phenolic OH excluding ortho intramolecular Hbond substituents is 1. The Bertz CT molecular complexity index is 489. The predicted molar refractivity (Wildman–Crippen MR) is 77.8 cm³/mol. The van der Waals surface area contributed by atoms with E-state index in [2.05, 4.69) is 0 Å². The quantitative estimate of drug-likeness (QED) is 0.891. The van der Waals surface area contributed by atoms with Crippen molar-refractivity contribution in [2.24, 2.45) is 5.92 Å². The lowest BCUT2D eigenvalue weighted by atomic mass is 9.90. The lowest BCUT2D eigenvalue weighted by Crippen LogP contribution is -2.48. The molecule has 0 aromatic heterocycles. The van der Waals surface area contributed by atoms with E-state index in [1.54, 1.807) is 0 Å². The maximum absolute atomic E-state index is 11.5. The van der Waals surface area contributed by atoms with Gasteiger partial charge in [0.05, 0.1) is 0 Å². The topological polar surface area (TPSA) is 60.8 Å². The largest absolute Gasteiger partial charge is 0.507 e. The number of aryl methyl sites for hydroxylation is 2. The van der Waals surface area contributed by atoms with Gasteiger partial charge in [-0.1, -0.05) is 19.1 Å². The third-order valence-corrected chi connectivity index (χ3v) is 4.23. The molecule has 1 saturated heterocycles. The van der Waals surface area contributed by atoms with Crippen molar-refractivity contribution in [3.05, 3.63) is 28.8 Å². The van der Waals surface area contributed by atoms with Crippen molar-refractivity contribution in [1.82, 2.24) is 4.90 Å². The Morgan fingerprint density at radius 1 is 1.35 bits per heavy atom. The van der Waals surface area contributed by atoms with Crippen LogP contribution >= 0.6 is 0 Å². The average Bonchev–Trinajstić information content (AvgIpc) is 2.35. The molecule has 4 heteroatoms. The van der Waals surface area contributed by atoms with E-state index in [0.717, 1.165) is 36.1 Å². The van der Waals surface area contributed by atoms with Gasteiger partial charge in [0, 0.05) is 6.54 Å². The fourth-order valence-electron chi connectivity index (χ4n) is 3.22. The highest BCUT2D eigenvalue weighted by Crippen LogP contribution is 2.28. The monoisotopic (exact) mass is 277 g/mol. The number of carboxylic acid groups (broad SMARTS) is 1. The van der Waals surface area contributed by atoms with Crippen molar-refractivity contribution in [3.63, 3.8) is 0 Å². The van der Waals surface area contributed by atoms with Crippen LogP contribution in [0.15, 0.2) is 12.1 Å². The molecule has 2 atom stereocenters. The summed E-state index contributed by atoms with van der Waals surface area (Å²) in [4.78, 5) is 13.5. The SMILES string of the molecule is Cc1cc(CN2CCCC(C)C2C(=O)O)cc(C)c1O. The minimum atomic E-state index is -0.732. The van der Waals surface area contributed by atoms with Crippen molar-refractivity contribution in [2.75, 3.05) is 6.54 Å². The van der Waals surface area contributed by atoms with E-state index >= 15 is 0 Å². The molecule has 2 N–H and O–H groups in total. The summed E-state index contributed by atoms with van der Waals surface area (Å²) in [6.07, 6.45) is 2.02. The van der Waals surface area contributed by atoms with E-state index in [1.165, 1.54) is 0 Å². The second-order valence-corrected chi connectivity index (χ2v) is 5.95. The number of likely N-dealkylation sites (tertiary alicyclic amines) is 1. The molecule has 20 heavy (non-hydrogen) atoms. The molecule has 2 rings (SSSR count). The van der Waals surface area contributed by atoms with Gasteiger partial charge in [-0.25, -0.2) is 0 Å². The van der Waals surface area contributed by atoms with Crippen LogP contribution in [0.1, 0.15) is 36.5 Å². The summed E-state index contributed by atoms with van der Waals surface area (Å²) < 4.78 is 0. The standard InChI is InChI=1S/C16H23NO3/c1-10-5-4-6-17(14(10)16(19)20)9-13-7-11(2)15(18)12(3)8-13/h7-8,10,14,18H,4-6,9H2,1-3H3,(H,19,20). The second-order valence-electron chi connectivity index (χ2n) is 5.95. The summed E-state index contributed by atoms with van der Waals surface area (Å²) >= 11 is 0. The molecule has 0 amide bonds. The van der Waals surface area contributed by atoms with Crippen molar-refractivity contribution in [3.8, 4) is 5.75 Å². The molecule has 1 fully saturated rings. The van der Waals surface area contributed by atoms with Crippen LogP contribution in [-0.2, 0) is 11.3 Å². The Kier molecular flexibility index (Phi) is 4.33. The minimum absolute atomic E-state index is 0.181. The van der Waals surface area contributed by atoms with Crippen molar-refractivity contribution >= 4 is 5.97 Å². The average molecular weight is 277 g/mol. The molecule has 1 aromatic carbocycles. The van der Waals surface area contributed by atoms with Crippen LogP contribution < -0.4 is 0 Å². The van der Waals surface area contributed by atoms with Gasteiger partial charge < -0.3 is 10.2 Å². The summed E-state index contributed by atoms with van der Waals surface area (Å²) in [5, 5.41) is 19.2. The van der Waals surface area contributed by atoms with Gasteiger partial charge in [-0.05, 0) is 55.8 Å². The summed E-state index contributed by atoms with van der Waals surface area (Å²) in [7, 11) is 0. The van der Waals surface area contributed by atoms with Crippen LogP contribution in [0, 0.1) is 19.8 Å². The number of hydrogen-bond acceptors (Lipinski definition) is 3. The molecule has 1 aromatic rings. The Hall–Kier alpha value is -1.55. The molecule has 0 saturated carbocycles. The Labute approximate surface area is 120 Å². The van der Waals surface area contributed by atoms with Crippen LogP contribution in [-0.4, -0.2) is 33.7 Å². The lowest BCUT2D eigenvalue weighted by Gasteiger charge is -2.37. The first-order valence-electron chi connectivity index (χ1n) is 7.16. The number of nitrogens with zero attached hydrogens (tertiary/aromatic N) is 1. The number of benzene rings is 1. The fraction of sp³-hybridized carbons (Fsp3) is 0.562. The molecule has 110 valence electrons. The molecule has 1 aliphatic heterocycles. The second kappa shape index (κ2) is 5.83. The van der Waals surface area contributed by atoms with E-state index in [-0.39, 0.29) is 5.92 Å². The van der Waals surface area contributed by atoms with E-state index in [0.29, 0.717) is 12.3 Å². The van der Waals surface area contributed by atoms with Gasteiger partial charge in [-0.15, -0.1) is 0 Å². The summed E-state index contributed by atoms with van der Waals surface area (Å²) in [5.74, 6) is -0.222. The first kappa shape index (κ1) is 14.9. The summed E-state index contributed by atoms with van der Waals surface area (Å²) in [6, 6.07) is 3.49. The number of piperidine rings is 1. The van der Waals surface area contributed by atoms with Gasteiger partial charge in [-0.2, -0.15) is 0 Å². The molecule has 4 nitrogen and oxygen atoms in total. The Morgan fingerprint density at radius 2 is 1.95 bits per heavy atom. The number of carboxylic acids is 1. The number of carbonyl (C=O) groups is 1. The van der Waals surface area contributed by atoms with Crippen molar-refractivity contribution in [2.45, 2.75) is 46.2 Å². The maximum Gasteiger partial charge on any atom is 0.321 e. The van der Waals surface area contributed by atoms with E-state index in [4.69, 9.17) is 0 Å². The molecular weight excluding hydrogens is 254 g/mol.